The van der Waals surface area contributed by atoms with E-state index >= 15 is 0 Å². The fraction of sp³-hybridized carbons (Fsp3) is 0.333. The highest BCUT2D eigenvalue weighted by atomic mass is 32.2. The number of carbonyl (C=O) groups excluding carboxylic acids is 1. The number of nitrogens with zero attached hydrogens (tertiary/aromatic N) is 4. The van der Waals surface area contributed by atoms with Gasteiger partial charge in [0, 0.05) is 26.2 Å². The van der Waals surface area contributed by atoms with Crippen LogP contribution >= 0.6 is 24.0 Å². The van der Waals surface area contributed by atoms with Crippen LogP contribution in [0.4, 0.5) is 5.82 Å². The summed E-state index contributed by atoms with van der Waals surface area (Å²) in [6.07, 6.45) is 3.75. The molecule has 1 aliphatic rings. The minimum Gasteiger partial charge on any atom is -0.360 e. The Morgan fingerprint density at radius 3 is 2.56 bits per heavy atom. The van der Waals surface area contributed by atoms with Crippen molar-refractivity contribution in [3.8, 4) is 6.07 Å². The number of aromatic nitrogens is 1. The van der Waals surface area contributed by atoms with E-state index < -0.39 is 0 Å². The predicted octanol–water partition coefficient (Wildman–Crippen LogP) is 4.20. The Bertz CT molecular complexity index is 1180. The standard InChI is InChI=1S/C24H26N4O2S2/c1-5-6-12-26(3)21-18(16(2)19(14-25)22(29)27(21)4)13-20-23(30)28(24(31)32-20)15-17-10-8-7-9-11-17/h7-11,13H,5-6,12,15H2,1-4H3/b20-13-. The normalized spacial score (nSPS) is 14.8. The van der Waals surface area contributed by atoms with Crippen LogP contribution in [0, 0.1) is 18.3 Å². The quantitative estimate of drug-likeness (QED) is 0.450. The number of carbonyl (C=O) groups is 1. The lowest BCUT2D eigenvalue weighted by molar-refractivity contribution is -0.122. The van der Waals surface area contributed by atoms with Crippen LogP contribution in [-0.4, -0.2) is 33.3 Å². The second-order valence-electron chi connectivity index (χ2n) is 7.74. The van der Waals surface area contributed by atoms with E-state index in [1.165, 1.54) is 16.3 Å². The Labute approximate surface area is 198 Å². The third-order valence-corrected chi connectivity index (χ3v) is 6.89. The van der Waals surface area contributed by atoms with Gasteiger partial charge in [-0.1, -0.05) is 67.7 Å². The number of pyridine rings is 1. The van der Waals surface area contributed by atoms with Crippen molar-refractivity contribution in [2.45, 2.75) is 33.2 Å². The van der Waals surface area contributed by atoms with Gasteiger partial charge in [-0.2, -0.15) is 5.26 Å². The number of hydrogen-bond donors (Lipinski definition) is 0. The molecule has 8 heteroatoms. The van der Waals surface area contributed by atoms with E-state index in [4.69, 9.17) is 12.2 Å². The van der Waals surface area contributed by atoms with Crippen LogP contribution in [0.1, 0.15) is 42.0 Å². The summed E-state index contributed by atoms with van der Waals surface area (Å²) in [6, 6.07) is 11.7. The molecule has 0 N–H and O–H groups in total. The molecule has 0 atom stereocenters. The predicted molar refractivity (Wildman–Crippen MR) is 134 cm³/mol. The Balaban J connectivity index is 2.08. The lowest BCUT2D eigenvalue weighted by atomic mass is 10.0. The lowest BCUT2D eigenvalue weighted by Crippen LogP contribution is -2.31. The first-order valence-corrected chi connectivity index (χ1v) is 11.7. The van der Waals surface area contributed by atoms with Gasteiger partial charge in [0.2, 0.25) is 0 Å². The van der Waals surface area contributed by atoms with Gasteiger partial charge in [0.15, 0.2) is 0 Å². The molecule has 1 aliphatic heterocycles. The molecule has 0 spiro atoms. The zero-order valence-corrected chi connectivity index (χ0v) is 20.3. The van der Waals surface area contributed by atoms with Crippen LogP contribution in [-0.2, 0) is 18.4 Å². The number of hydrogen-bond acceptors (Lipinski definition) is 6. The van der Waals surface area contributed by atoms with Crippen LogP contribution < -0.4 is 10.5 Å². The van der Waals surface area contributed by atoms with Crippen LogP contribution in [0.15, 0.2) is 40.0 Å². The van der Waals surface area contributed by atoms with Crippen molar-refractivity contribution in [2.24, 2.45) is 7.05 Å². The molecule has 0 aliphatic carbocycles. The Morgan fingerprint density at radius 1 is 1.25 bits per heavy atom. The summed E-state index contributed by atoms with van der Waals surface area (Å²) >= 11 is 6.74. The molecular weight excluding hydrogens is 440 g/mol. The molecule has 3 rings (SSSR count). The highest BCUT2D eigenvalue weighted by Crippen LogP contribution is 2.36. The summed E-state index contributed by atoms with van der Waals surface area (Å²) in [7, 11) is 3.59. The summed E-state index contributed by atoms with van der Waals surface area (Å²) in [5.74, 6) is 0.519. The Hall–Kier alpha value is -2.89. The number of unbranched alkanes of at least 4 members (excludes halogenated alkanes) is 1. The Kier molecular flexibility index (Phi) is 7.54. The van der Waals surface area contributed by atoms with Gasteiger partial charge < -0.3 is 4.90 Å². The van der Waals surface area contributed by atoms with Gasteiger partial charge in [0.25, 0.3) is 11.5 Å². The Morgan fingerprint density at radius 2 is 1.94 bits per heavy atom. The molecule has 6 nitrogen and oxygen atoms in total. The van der Waals surface area contributed by atoms with Gasteiger partial charge in [0.05, 0.1) is 11.4 Å². The minimum atomic E-state index is -0.336. The van der Waals surface area contributed by atoms with Crippen LogP contribution in [0.2, 0.25) is 0 Å². The van der Waals surface area contributed by atoms with Crippen LogP contribution in [0.3, 0.4) is 0 Å². The number of benzene rings is 1. The van der Waals surface area contributed by atoms with Crippen LogP contribution in [0.5, 0.6) is 0 Å². The second-order valence-corrected chi connectivity index (χ2v) is 9.42. The fourth-order valence-corrected chi connectivity index (χ4v) is 4.94. The second kappa shape index (κ2) is 10.2. The minimum absolute atomic E-state index is 0.0890. The monoisotopic (exact) mass is 466 g/mol. The maximum Gasteiger partial charge on any atom is 0.270 e. The van der Waals surface area contributed by atoms with E-state index in [2.05, 4.69) is 6.92 Å². The zero-order valence-electron chi connectivity index (χ0n) is 18.7. The molecule has 2 heterocycles. The molecule has 1 saturated heterocycles. The van der Waals surface area contributed by atoms with Crippen molar-refractivity contribution in [2.75, 3.05) is 18.5 Å². The van der Waals surface area contributed by atoms with Crippen molar-refractivity contribution in [3.05, 3.63) is 67.8 Å². The van der Waals surface area contributed by atoms with Crippen LogP contribution in [0.25, 0.3) is 6.08 Å². The molecule has 1 fully saturated rings. The van der Waals surface area contributed by atoms with Gasteiger partial charge in [0.1, 0.15) is 21.8 Å². The molecule has 166 valence electrons. The molecule has 1 aromatic heterocycles. The average Bonchev–Trinajstić information content (AvgIpc) is 3.04. The highest BCUT2D eigenvalue weighted by molar-refractivity contribution is 8.26. The number of rotatable bonds is 7. The van der Waals surface area contributed by atoms with Crippen molar-refractivity contribution < 1.29 is 4.79 Å². The van der Waals surface area contributed by atoms with Gasteiger partial charge in [-0.3, -0.25) is 19.1 Å². The third-order valence-electron chi connectivity index (χ3n) is 5.51. The molecule has 1 amide bonds. The highest BCUT2D eigenvalue weighted by Gasteiger charge is 2.33. The summed E-state index contributed by atoms with van der Waals surface area (Å²) < 4.78 is 1.99. The number of thiocarbonyl (C=S) groups is 1. The van der Waals surface area contributed by atoms with E-state index in [9.17, 15) is 14.9 Å². The van der Waals surface area contributed by atoms with Gasteiger partial charge in [-0.05, 0) is 30.5 Å². The topological polar surface area (TPSA) is 69.3 Å². The molecule has 0 bridgehead atoms. The molecule has 32 heavy (non-hydrogen) atoms. The van der Waals surface area contributed by atoms with Crippen molar-refractivity contribution in [3.63, 3.8) is 0 Å². The third kappa shape index (κ3) is 4.64. The van der Waals surface area contributed by atoms with Crippen molar-refractivity contribution in [1.82, 2.24) is 9.47 Å². The van der Waals surface area contributed by atoms with E-state index in [1.807, 2.05) is 48.3 Å². The SMILES string of the molecule is CCCCN(C)c1c(/C=C2\SC(=S)N(Cc3ccccc3)C2=O)c(C)c(C#N)c(=O)n1C. The summed E-state index contributed by atoms with van der Waals surface area (Å²) in [6.45, 7) is 5.02. The van der Waals surface area contributed by atoms with E-state index in [0.717, 1.165) is 24.9 Å². The molecule has 0 saturated carbocycles. The van der Waals surface area contributed by atoms with Gasteiger partial charge in [-0.25, -0.2) is 0 Å². The average molecular weight is 467 g/mol. The van der Waals surface area contributed by atoms with E-state index in [1.54, 1.807) is 24.9 Å². The number of anilines is 1. The van der Waals surface area contributed by atoms with Crippen molar-refractivity contribution in [1.29, 1.82) is 5.26 Å². The largest absolute Gasteiger partial charge is 0.360 e. The summed E-state index contributed by atoms with van der Waals surface area (Å²) in [5.41, 5.74) is 2.02. The van der Waals surface area contributed by atoms with Crippen molar-refractivity contribution >= 4 is 46.1 Å². The van der Waals surface area contributed by atoms with Gasteiger partial charge >= 0.3 is 0 Å². The number of thioether (sulfide) groups is 1. The number of amides is 1. The number of nitriles is 1. The molecule has 2 aromatic rings. The fourth-order valence-electron chi connectivity index (χ4n) is 3.71. The zero-order chi connectivity index (χ0) is 23.4. The first-order valence-electron chi connectivity index (χ1n) is 10.4. The summed E-state index contributed by atoms with van der Waals surface area (Å²) in [4.78, 5) is 30.1. The van der Waals surface area contributed by atoms with E-state index in [-0.39, 0.29) is 17.0 Å². The first kappa shape index (κ1) is 23.8. The maximum atomic E-state index is 13.2. The van der Waals surface area contributed by atoms with E-state index in [0.29, 0.717) is 32.7 Å². The molecule has 0 radical (unpaired) electrons. The maximum absolute atomic E-state index is 13.2. The molecular formula is C24H26N4O2S2. The first-order chi connectivity index (χ1) is 15.3. The molecule has 1 aromatic carbocycles. The summed E-state index contributed by atoms with van der Waals surface area (Å²) in [5, 5.41) is 9.58. The molecule has 0 unspecified atom stereocenters. The smallest absolute Gasteiger partial charge is 0.270 e. The van der Waals surface area contributed by atoms with Gasteiger partial charge in [-0.15, -0.1) is 0 Å². The lowest BCUT2D eigenvalue weighted by Gasteiger charge is -2.25.